The molecule has 114 valence electrons. The number of fused-ring (bicyclic) bond motifs is 2. The lowest BCUT2D eigenvalue weighted by Crippen LogP contribution is -2.52. The number of anilines is 1. The molecular formula is C17H23BrN2O. The van der Waals surface area contributed by atoms with Gasteiger partial charge in [0.25, 0.3) is 5.91 Å². The van der Waals surface area contributed by atoms with Gasteiger partial charge in [0.1, 0.15) is 0 Å². The van der Waals surface area contributed by atoms with Gasteiger partial charge in [-0.1, -0.05) is 36.7 Å². The Morgan fingerprint density at radius 2 is 2.05 bits per heavy atom. The lowest BCUT2D eigenvalue weighted by molar-refractivity contribution is 0.0737. The number of halogens is 1. The van der Waals surface area contributed by atoms with Crippen molar-refractivity contribution in [3.63, 3.8) is 0 Å². The topological polar surface area (TPSA) is 55.1 Å². The summed E-state index contributed by atoms with van der Waals surface area (Å²) >= 11 is 3.40. The summed E-state index contributed by atoms with van der Waals surface area (Å²) in [6.45, 7) is 6.91. The summed E-state index contributed by atoms with van der Waals surface area (Å²) in [5.41, 5.74) is 7.47. The fraction of sp³-hybridized carbons (Fsp3) is 0.588. The molecule has 2 saturated carbocycles. The fourth-order valence-corrected chi connectivity index (χ4v) is 5.13. The zero-order valence-electron chi connectivity index (χ0n) is 12.9. The summed E-state index contributed by atoms with van der Waals surface area (Å²) in [5, 5.41) is 3.30. The SMILES string of the molecule is CC12CCC(C1)C(C)(C)C2NC(=O)c1cc(N)cc(Br)c1. The number of hydrogen-bond acceptors (Lipinski definition) is 2. The van der Waals surface area contributed by atoms with Gasteiger partial charge < -0.3 is 11.1 Å². The molecule has 3 nitrogen and oxygen atoms in total. The van der Waals surface area contributed by atoms with E-state index in [0.717, 1.165) is 10.4 Å². The lowest BCUT2D eigenvalue weighted by Gasteiger charge is -2.43. The minimum Gasteiger partial charge on any atom is -0.399 e. The maximum atomic E-state index is 12.6. The molecule has 1 aromatic carbocycles. The highest BCUT2D eigenvalue weighted by molar-refractivity contribution is 9.10. The average Bonchev–Trinajstić information content (AvgIpc) is 2.84. The Balaban J connectivity index is 1.84. The second-order valence-corrected chi connectivity index (χ2v) is 8.51. The fourth-order valence-electron chi connectivity index (χ4n) is 4.62. The van der Waals surface area contributed by atoms with E-state index in [9.17, 15) is 4.79 Å². The molecule has 2 aliphatic carbocycles. The van der Waals surface area contributed by atoms with Crippen molar-refractivity contribution in [2.75, 3.05) is 5.73 Å². The van der Waals surface area contributed by atoms with Crippen LogP contribution in [0.25, 0.3) is 0 Å². The predicted molar refractivity (Wildman–Crippen MR) is 89.0 cm³/mol. The number of nitrogens with one attached hydrogen (secondary N) is 1. The highest BCUT2D eigenvalue weighted by Gasteiger charge is 2.59. The van der Waals surface area contributed by atoms with Crippen LogP contribution in [0, 0.1) is 16.7 Å². The summed E-state index contributed by atoms with van der Waals surface area (Å²) in [6.07, 6.45) is 3.73. The van der Waals surface area contributed by atoms with E-state index in [1.165, 1.54) is 19.3 Å². The molecule has 1 aromatic rings. The first-order valence-corrected chi connectivity index (χ1v) is 8.39. The van der Waals surface area contributed by atoms with Crippen molar-refractivity contribution in [2.24, 2.45) is 16.7 Å². The Labute approximate surface area is 134 Å². The zero-order chi connectivity index (χ0) is 15.4. The van der Waals surface area contributed by atoms with Crippen molar-refractivity contribution in [3.05, 3.63) is 28.2 Å². The van der Waals surface area contributed by atoms with Gasteiger partial charge in [-0.2, -0.15) is 0 Å². The molecule has 0 radical (unpaired) electrons. The summed E-state index contributed by atoms with van der Waals surface area (Å²) < 4.78 is 0.839. The molecular weight excluding hydrogens is 328 g/mol. The van der Waals surface area contributed by atoms with Crippen LogP contribution in [0.2, 0.25) is 0 Å². The van der Waals surface area contributed by atoms with E-state index in [0.29, 0.717) is 11.3 Å². The third-order valence-corrected chi connectivity index (χ3v) is 6.19. The van der Waals surface area contributed by atoms with Crippen molar-refractivity contribution in [1.29, 1.82) is 0 Å². The van der Waals surface area contributed by atoms with Gasteiger partial charge in [0.2, 0.25) is 0 Å². The van der Waals surface area contributed by atoms with E-state index < -0.39 is 0 Å². The maximum absolute atomic E-state index is 12.6. The Morgan fingerprint density at radius 1 is 1.33 bits per heavy atom. The van der Waals surface area contributed by atoms with Crippen LogP contribution in [0.3, 0.4) is 0 Å². The molecule has 1 amide bonds. The number of nitrogens with two attached hydrogens (primary N) is 1. The van der Waals surface area contributed by atoms with E-state index in [-0.39, 0.29) is 22.8 Å². The molecule has 2 fully saturated rings. The van der Waals surface area contributed by atoms with Gasteiger partial charge in [-0.05, 0) is 54.2 Å². The first-order chi connectivity index (χ1) is 9.72. The zero-order valence-corrected chi connectivity index (χ0v) is 14.5. The predicted octanol–water partition coefficient (Wildman–Crippen LogP) is 3.98. The molecule has 0 heterocycles. The third-order valence-electron chi connectivity index (χ3n) is 5.73. The number of rotatable bonds is 2. The molecule has 21 heavy (non-hydrogen) atoms. The van der Waals surface area contributed by atoms with Gasteiger partial charge in [0, 0.05) is 21.8 Å². The van der Waals surface area contributed by atoms with Crippen molar-refractivity contribution in [2.45, 2.75) is 46.1 Å². The standard InChI is InChI=1S/C17H23BrN2O/c1-16(2)11-4-5-17(3,9-11)15(16)20-14(21)10-6-12(18)8-13(19)7-10/h6-8,11,15H,4-5,9,19H2,1-3H3,(H,20,21). The monoisotopic (exact) mass is 350 g/mol. The molecule has 0 aromatic heterocycles. The van der Waals surface area contributed by atoms with E-state index in [1.807, 2.05) is 6.07 Å². The van der Waals surface area contributed by atoms with Crippen molar-refractivity contribution >= 4 is 27.5 Å². The summed E-state index contributed by atoms with van der Waals surface area (Å²) in [5.74, 6) is 0.704. The van der Waals surface area contributed by atoms with Crippen LogP contribution < -0.4 is 11.1 Å². The maximum Gasteiger partial charge on any atom is 0.251 e. The highest BCUT2D eigenvalue weighted by atomic mass is 79.9. The molecule has 0 aliphatic heterocycles. The Kier molecular flexibility index (Phi) is 3.36. The van der Waals surface area contributed by atoms with Gasteiger partial charge in [-0.25, -0.2) is 0 Å². The Bertz CT molecular complexity index is 573. The van der Waals surface area contributed by atoms with E-state index in [2.05, 4.69) is 42.0 Å². The van der Waals surface area contributed by atoms with Crippen molar-refractivity contribution < 1.29 is 4.79 Å². The van der Waals surface area contributed by atoms with Crippen LogP contribution in [0.15, 0.2) is 22.7 Å². The molecule has 3 rings (SSSR count). The molecule has 0 spiro atoms. The number of benzene rings is 1. The number of hydrogen-bond donors (Lipinski definition) is 2. The van der Waals surface area contributed by atoms with E-state index in [1.54, 1.807) is 12.1 Å². The number of carbonyl (C=O) groups excluding carboxylic acids is 1. The van der Waals surface area contributed by atoms with Crippen molar-refractivity contribution in [1.82, 2.24) is 5.32 Å². The van der Waals surface area contributed by atoms with E-state index >= 15 is 0 Å². The summed E-state index contributed by atoms with van der Waals surface area (Å²) in [7, 11) is 0. The Hall–Kier alpha value is -1.03. The van der Waals surface area contributed by atoms with Crippen LogP contribution in [0.1, 0.15) is 50.4 Å². The van der Waals surface area contributed by atoms with Crippen LogP contribution in [-0.4, -0.2) is 11.9 Å². The molecule has 0 saturated heterocycles. The number of nitrogen functional groups attached to an aromatic ring is 1. The average molecular weight is 351 g/mol. The third kappa shape index (κ3) is 2.37. The van der Waals surface area contributed by atoms with Crippen molar-refractivity contribution in [3.8, 4) is 0 Å². The molecule has 3 N–H and O–H groups in total. The first-order valence-electron chi connectivity index (χ1n) is 7.59. The smallest absolute Gasteiger partial charge is 0.251 e. The van der Waals surface area contributed by atoms with Crippen LogP contribution >= 0.6 is 15.9 Å². The molecule has 3 atom stereocenters. The van der Waals surface area contributed by atoms with Crippen LogP contribution in [-0.2, 0) is 0 Å². The second kappa shape index (κ2) is 4.73. The quantitative estimate of drug-likeness (QED) is 0.792. The summed E-state index contributed by atoms with van der Waals surface area (Å²) in [6, 6.07) is 5.60. The summed E-state index contributed by atoms with van der Waals surface area (Å²) in [4.78, 5) is 12.6. The van der Waals surface area contributed by atoms with Gasteiger partial charge in [0.15, 0.2) is 0 Å². The largest absolute Gasteiger partial charge is 0.399 e. The van der Waals surface area contributed by atoms with Crippen LogP contribution in [0.4, 0.5) is 5.69 Å². The minimum atomic E-state index is -0.0187. The Morgan fingerprint density at radius 3 is 2.62 bits per heavy atom. The molecule has 2 bridgehead atoms. The number of carbonyl (C=O) groups is 1. The van der Waals surface area contributed by atoms with Gasteiger partial charge >= 0.3 is 0 Å². The van der Waals surface area contributed by atoms with Crippen LogP contribution in [0.5, 0.6) is 0 Å². The number of amides is 1. The molecule has 3 unspecified atom stereocenters. The lowest BCUT2D eigenvalue weighted by atomic mass is 9.68. The van der Waals surface area contributed by atoms with Gasteiger partial charge in [-0.15, -0.1) is 0 Å². The molecule has 4 heteroatoms. The molecule has 2 aliphatic rings. The minimum absolute atomic E-state index is 0.0187. The van der Waals surface area contributed by atoms with Gasteiger partial charge in [0.05, 0.1) is 0 Å². The first kappa shape index (κ1) is 14.9. The highest BCUT2D eigenvalue weighted by Crippen LogP contribution is 2.62. The second-order valence-electron chi connectivity index (χ2n) is 7.59. The van der Waals surface area contributed by atoms with Gasteiger partial charge in [-0.3, -0.25) is 4.79 Å². The van der Waals surface area contributed by atoms with E-state index in [4.69, 9.17) is 5.73 Å². The normalized spacial score (nSPS) is 33.1.